The molecule has 0 radical (unpaired) electrons. The van der Waals surface area contributed by atoms with Gasteiger partial charge in [0.15, 0.2) is 0 Å². The summed E-state index contributed by atoms with van der Waals surface area (Å²) in [5.74, 6) is 0.125. The zero-order valence-electron chi connectivity index (χ0n) is 12.7. The van der Waals surface area contributed by atoms with Crippen LogP contribution in [0.1, 0.15) is 25.3 Å². The van der Waals surface area contributed by atoms with Gasteiger partial charge in [0.05, 0.1) is 17.1 Å². The van der Waals surface area contributed by atoms with Crippen LogP contribution in [0.3, 0.4) is 0 Å². The third-order valence-corrected chi connectivity index (χ3v) is 6.32. The number of anilines is 2. The molecule has 1 saturated heterocycles. The van der Waals surface area contributed by atoms with Crippen molar-refractivity contribution in [1.82, 2.24) is 4.72 Å². The minimum absolute atomic E-state index is 0.125. The topological polar surface area (TPSA) is 95.6 Å². The van der Waals surface area contributed by atoms with Gasteiger partial charge in [0.1, 0.15) is 0 Å². The van der Waals surface area contributed by atoms with Crippen molar-refractivity contribution in [3.63, 3.8) is 0 Å². The first-order valence-electron chi connectivity index (χ1n) is 7.13. The van der Waals surface area contributed by atoms with E-state index < -0.39 is 20.2 Å². The first-order chi connectivity index (χ1) is 10.2. The van der Waals surface area contributed by atoms with Gasteiger partial charge in [-0.2, -0.15) is 13.1 Å². The number of hydrogen-bond acceptors (Lipinski definition) is 4. The van der Waals surface area contributed by atoms with Crippen LogP contribution in [0, 0.1) is 6.92 Å². The van der Waals surface area contributed by atoms with E-state index in [0.29, 0.717) is 37.3 Å². The Bertz CT molecular complexity index is 745. The molecule has 9 heteroatoms. The molecule has 7 nitrogen and oxygen atoms in total. The van der Waals surface area contributed by atoms with E-state index in [-0.39, 0.29) is 5.75 Å². The summed E-state index contributed by atoms with van der Waals surface area (Å²) in [6, 6.07) is 4.89. The molecule has 1 fully saturated rings. The number of sulfonamides is 1. The van der Waals surface area contributed by atoms with Gasteiger partial charge in [-0.1, -0.05) is 13.0 Å². The van der Waals surface area contributed by atoms with Crippen LogP contribution in [0.2, 0.25) is 0 Å². The van der Waals surface area contributed by atoms with Crippen molar-refractivity contribution >= 4 is 31.6 Å². The molecule has 0 aromatic heterocycles. The maximum absolute atomic E-state index is 12.0. The van der Waals surface area contributed by atoms with Crippen LogP contribution >= 0.6 is 0 Å². The van der Waals surface area contributed by atoms with Gasteiger partial charge in [-0.05, 0) is 37.5 Å². The van der Waals surface area contributed by atoms with Gasteiger partial charge in [0.25, 0.3) is 10.2 Å². The molecule has 1 heterocycles. The Morgan fingerprint density at radius 1 is 1.32 bits per heavy atom. The second kappa shape index (κ2) is 6.43. The fraction of sp³-hybridized carbons (Fsp3) is 0.538. The predicted octanol–water partition coefficient (Wildman–Crippen LogP) is 1.19. The zero-order valence-corrected chi connectivity index (χ0v) is 14.3. The van der Waals surface area contributed by atoms with Crippen LogP contribution in [0.15, 0.2) is 18.2 Å². The maximum Gasteiger partial charge on any atom is 0.299 e. The highest BCUT2D eigenvalue weighted by atomic mass is 32.2. The highest BCUT2D eigenvalue weighted by molar-refractivity contribution is 7.93. The van der Waals surface area contributed by atoms with E-state index >= 15 is 0 Å². The van der Waals surface area contributed by atoms with E-state index in [1.54, 1.807) is 25.1 Å². The van der Waals surface area contributed by atoms with Crippen molar-refractivity contribution in [2.75, 3.05) is 27.9 Å². The molecular formula is C13H21N3O4S2. The smallest absolute Gasteiger partial charge is 0.271 e. The van der Waals surface area contributed by atoms with Crippen molar-refractivity contribution in [2.45, 2.75) is 26.7 Å². The normalized spacial score (nSPS) is 17.6. The summed E-state index contributed by atoms with van der Waals surface area (Å²) >= 11 is 0. The van der Waals surface area contributed by atoms with E-state index in [1.165, 1.54) is 4.31 Å². The molecule has 0 bridgehead atoms. The first kappa shape index (κ1) is 17.0. The Hall–Kier alpha value is -1.32. The van der Waals surface area contributed by atoms with Gasteiger partial charge in [-0.25, -0.2) is 8.42 Å². The molecule has 0 amide bonds. The lowest BCUT2D eigenvalue weighted by Crippen LogP contribution is -2.31. The fourth-order valence-corrected chi connectivity index (χ4v) is 4.88. The summed E-state index contributed by atoms with van der Waals surface area (Å²) in [7, 11) is -6.94. The quantitative estimate of drug-likeness (QED) is 0.808. The molecule has 2 N–H and O–H groups in total. The average Bonchev–Trinajstić information content (AvgIpc) is 2.78. The predicted molar refractivity (Wildman–Crippen MR) is 87.8 cm³/mol. The van der Waals surface area contributed by atoms with E-state index in [0.717, 1.165) is 5.56 Å². The van der Waals surface area contributed by atoms with Crippen molar-refractivity contribution in [2.24, 2.45) is 0 Å². The van der Waals surface area contributed by atoms with Crippen molar-refractivity contribution in [1.29, 1.82) is 0 Å². The van der Waals surface area contributed by atoms with Crippen LogP contribution in [-0.4, -0.2) is 35.7 Å². The Labute approximate surface area is 131 Å². The SMILES string of the molecule is CCCNS(=O)(=O)Nc1ccc(C)c(N2CCCS2(=O)=O)c1. The number of nitrogens with zero attached hydrogens (tertiary/aromatic N) is 1. The van der Waals surface area contributed by atoms with Gasteiger partial charge in [-0.3, -0.25) is 9.03 Å². The highest BCUT2D eigenvalue weighted by Crippen LogP contribution is 2.30. The number of aryl methyl sites for hydroxylation is 1. The van der Waals surface area contributed by atoms with Crippen LogP contribution < -0.4 is 13.7 Å². The summed E-state index contributed by atoms with van der Waals surface area (Å²) in [6.45, 7) is 4.43. The second-order valence-corrected chi connectivity index (χ2v) is 8.76. The number of benzene rings is 1. The Morgan fingerprint density at radius 3 is 2.64 bits per heavy atom. The molecule has 0 unspecified atom stereocenters. The highest BCUT2D eigenvalue weighted by Gasteiger charge is 2.29. The lowest BCUT2D eigenvalue weighted by Gasteiger charge is -2.20. The molecule has 22 heavy (non-hydrogen) atoms. The summed E-state index contributed by atoms with van der Waals surface area (Å²) in [4.78, 5) is 0. The van der Waals surface area contributed by atoms with E-state index in [4.69, 9.17) is 0 Å². The van der Waals surface area contributed by atoms with Crippen molar-refractivity contribution < 1.29 is 16.8 Å². The molecule has 0 saturated carbocycles. The summed E-state index contributed by atoms with van der Waals surface area (Å²) in [5.41, 5.74) is 1.65. The first-order valence-corrected chi connectivity index (χ1v) is 10.2. The van der Waals surface area contributed by atoms with E-state index in [1.807, 2.05) is 6.92 Å². The van der Waals surface area contributed by atoms with Crippen molar-refractivity contribution in [3.8, 4) is 0 Å². The van der Waals surface area contributed by atoms with Gasteiger partial charge < -0.3 is 0 Å². The molecular weight excluding hydrogens is 326 g/mol. The minimum Gasteiger partial charge on any atom is -0.271 e. The molecule has 2 rings (SSSR count). The molecule has 1 aliphatic heterocycles. The third kappa shape index (κ3) is 3.90. The Morgan fingerprint density at radius 2 is 2.05 bits per heavy atom. The number of nitrogens with one attached hydrogen (secondary N) is 2. The standard InChI is InChI=1S/C13H21N3O4S2/c1-3-7-14-22(19,20)15-12-6-5-11(2)13(10-12)16-8-4-9-21(16,17)18/h5-6,10,14-15H,3-4,7-9H2,1-2H3. The van der Waals surface area contributed by atoms with Crippen LogP contribution in [0.5, 0.6) is 0 Å². The Kier molecular flexibility index (Phi) is 4.98. The van der Waals surface area contributed by atoms with Gasteiger partial charge in [0, 0.05) is 13.1 Å². The Balaban J connectivity index is 2.28. The van der Waals surface area contributed by atoms with E-state index in [9.17, 15) is 16.8 Å². The molecule has 124 valence electrons. The number of rotatable bonds is 6. The minimum atomic E-state index is -3.65. The summed E-state index contributed by atoms with van der Waals surface area (Å²) in [5, 5.41) is 0. The van der Waals surface area contributed by atoms with E-state index in [2.05, 4.69) is 9.44 Å². The zero-order chi connectivity index (χ0) is 16.4. The lowest BCUT2D eigenvalue weighted by atomic mass is 10.2. The summed E-state index contributed by atoms with van der Waals surface area (Å²) in [6.07, 6.45) is 1.27. The molecule has 1 aromatic rings. The third-order valence-electron chi connectivity index (χ3n) is 3.37. The molecule has 1 aliphatic rings. The van der Waals surface area contributed by atoms with Gasteiger partial charge in [-0.15, -0.1) is 0 Å². The van der Waals surface area contributed by atoms with Crippen LogP contribution in [0.25, 0.3) is 0 Å². The summed E-state index contributed by atoms with van der Waals surface area (Å²) < 4.78 is 53.9. The fourth-order valence-electron chi connectivity index (χ4n) is 2.28. The van der Waals surface area contributed by atoms with Gasteiger partial charge >= 0.3 is 0 Å². The molecule has 1 aromatic carbocycles. The molecule has 0 aliphatic carbocycles. The van der Waals surface area contributed by atoms with Crippen molar-refractivity contribution in [3.05, 3.63) is 23.8 Å². The monoisotopic (exact) mass is 347 g/mol. The van der Waals surface area contributed by atoms with Gasteiger partial charge in [0.2, 0.25) is 10.0 Å². The van der Waals surface area contributed by atoms with Crippen LogP contribution in [0.4, 0.5) is 11.4 Å². The number of hydrogen-bond donors (Lipinski definition) is 2. The molecule has 0 atom stereocenters. The maximum atomic E-state index is 12.0. The molecule has 0 spiro atoms. The van der Waals surface area contributed by atoms with Crippen LogP contribution in [-0.2, 0) is 20.2 Å². The lowest BCUT2D eigenvalue weighted by molar-refractivity contribution is 0.586. The largest absolute Gasteiger partial charge is 0.299 e. The average molecular weight is 347 g/mol. The second-order valence-electron chi connectivity index (χ2n) is 5.24.